The molecular formula is C6H7O. The van der Waals surface area contributed by atoms with Gasteiger partial charge in [-0.05, 0) is 6.07 Å². The van der Waals surface area contributed by atoms with Gasteiger partial charge in [0.25, 0.3) is 0 Å². The zero-order valence-corrected chi connectivity index (χ0v) is 4.27. The van der Waals surface area contributed by atoms with Gasteiger partial charge >= 0.3 is 0 Å². The van der Waals surface area contributed by atoms with Crippen molar-refractivity contribution in [3.05, 3.63) is 24.2 Å². The Morgan fingerprint density at radius 2 is 2.71 bits per heavy atom. The van der Waals surface area contributed by atoms with Crippen LogP contribution in [-0.4, -0.2) is 0 Å². The van der Waals surface area contributed by atoms with E-state index in [1.807, 2.05) is 6.92 Å². The molecule has 37 valence electrons. The van der Waals surface area contributed by atoms with E-state index in [1.54, 1.807) is 12.3 Å². The number of rotatable bonds is 1. The van der Waals surface area contributed by atoms with Crippen LogP contribution in [0.4, 0.5) is 0 Å². The fraction of sp³-hybridized carbons (Fsp3) is 0.333. The van der Waals surface area contributed by atoms with Gasteiger partial charge in [-0.3, -0.25) is 0 Å². The maximum atomic E-state index is 4.93. The average Bonchev–Trinajstić information content (AvgIpc) is 2.14. The molecule has 1 aromatic heterocycles. The molecule has 1 aromatic rings. The smallest absolute Gasteiger partial charge is 0.111 e. The summed E-state index contributed by atoms with van der Waals surface area (Å²) < 4.78 is 4.93. The molecule has 0 aromatic carbocycles. The van der Waals surface area contributed by atoms with Gasteiger partial charge in [0.05, 0.1) is 6.26 Å². The van der Waals surface area contributed by atoms with Crippen molar-refractivity contribution in [2.24, 2.45) is 0 Å². The molecule has 0 fully saturated rings. The summed E-state index contributed by atoms with van der Waals surface area (Å²) in [5.41, 5.74) is 0. The molecule has 0 saturated carbocycles. The Labute approximate surface area is 43.0 Å². The average molecular weight is 95.1 g/mol. The van der Waals surface area contributed by atoms with Gasteiger partial charge in [-0.25, -0.2) is 0 Å². The van der Waals surface area contributed by atoms with E-state index >= 15 is 0 Å². The largest absolute Gasteiger partial charge is 0.469 e. The molecule has 0 saturated heterocycles. The van der Waals surface area contributed by atoms with Crippen molar-refractivity contribution < 1.29 is 4.42 Å². The summed E-state index contributed by atoms with van der Waals surface area (Å²) in [5.74, 6) is 0.931. The lowest BCUT2D eigenvalue weighted by Gasteiger charge is -1.78. The Morgan fingerprint density at radius 1 is 1.86 bits per heavy atom. The van der Waals surface area contributed by atoms with Crippen LogP contribution in [-0.2, 0) is 6.42 Å². The quantitative estimate of drug-likeness (QED) is 0.516. The Morgan fingerprint density at radius 3 is 3.00 bits per heavy atom. The van der Waals surface area contributed by atoms with Crippen LogP contribution in [0, 0.1) is 6.07 Å². The van der Waals surface area contributed by atoms with E-state index in [9.17, 15) is 0 Å². The first-order chi connectivity index (χ1) is 3.43. The first-order valence-electron chi connectivity index (χ1n) is 2.37. The van der Waals surface area contributed by atoms with E-state index in [4.69, 9.17) is 4.42 Å². The molecule has 0 aliphatic carbocycles. The highest BCUT2D eigenvalue weighted by Crippen LogP contribution is 1.97. The molecule has 0 unspecified atom stereocenters. The summed E-state index contributed by atoms with van der Waals surface area (Å²) in [7, 11) is 0. The summed E-state index contributed by atoms with van der Waals surface area (Å²) in [6.45, 7) is 2.04. The minimum absolute atomic E-state index is 0.931. The maximum absolute atomic E-state index is 4.93. The monoisotopic (exact) mass is 95.0 g/mol. The second kappa shape index (κ2) is 1.82. The second-order valence-corrected chi connectivity index (χ2v) is 1.34. The van der Waals surface area contributed by atoms with Gasteiger partial charge in [-0.2, -0.15) is 0 Å². The maximum Gasteiger partial charge on any atom is 0.111 e. The summed E-state index contributed by atoms with van der Waals surface area (Å²) in [6, 6.07) is 4.70. The molecule has 1 nitrogen and oxygen atoms in total. The third kappa shape index (κ3) is 0.829. The predicted molar refractivity (Wildman–Crippen MR) is 26.9 cm³/mol. The summed E-state index contributed by atoms with van der Waals surface area (Å²) in [5, 5.41) is 0. The number of hydrogen-bond donors (Lipinski definition) is 0. The lowest BCUT2D eigenvalue weighted by Crippen LogP contribution is -1.67. The van der Waals surface area contributed by atoms with Crippen LogP contribution in [0.1, 0.15) is 12.7 Å². The number of furan rings is 1. The van der Waals surface area contributed by atoms with Crippen molar-refractivity contribution in [1.29, 1.82) is 0 Å². The van der Waals surface area contributed by atoms with Crippen molar-refractivity contribution in [3.8, 4) is 0 Å². The van der Waals surface area contributed by atoms with E-state index in [0.717, 1.165) is 12.2 Å². The molecule has 0 N–H and O–H groups in total. The highest BCUT2D eigenvalue weighted by atomic mass is 16.3. The van der Waals surface area contributed by atoms with Crippen molar-refractivity contribution in [2.45, 2.75) is 13.3 Å². The van der Waals surface area contributed by atoms with Crippen molar-refractivity contribution in [2.75, 3.05) is 0 Å². The van der Waals surface area contributed by atoms with Crippen molar-refractivity contribution in [1.82, 2.24) is 0 Å². The lowest BCUT2D eigenvalue weighted by atomic mass is 10.4. The van der Waals surface area contributed by atoms with Crippen LogP contribution < -0.4 is 0 Å². The SMILES string of the molecule is CCc1[c]cco1. The van der Waals surface area contributed by atoms with Gasteiger partial charge in [0.15, 0.2) is 0 Å². The lowest BCUT2D eigenvalue weighted by molar-refractivity contribution is 0.515. The van der Waals surface area contributed by atoms with E-state index < -0.39 is 0 Å². The fourth-order valence-electron chi connectivity index (χ4n) is 0.463. The molecule has 0 aliphatic rings. The standard InChI is InChI=1S/C6H7O/c1-2-6-4-3-5-7-6/h3,5H,2H2,1H3. The normalized spacial score (nSPS) is 9.29. The van der Waals surface area contributed by atoms with E-state index in [1.165, 1.54) is 0 Å². The highest BCUT2D eigenvalue weighted by Gasteiger charge is 1.85. The van der Waals surface area contributed by atoms with Crippen molar-refractivity contribution in [3.63, 3.8) is 0 Å². The summed E-state index contributed by atoms with van der Waals surface area (Å²) in [4.78, 5) is 0. The van der Waals surface area contributed by atoms with Gasteiger partial charge in [0.1, 0.15) is 5.76 Å². The van der Waals surface area contributed by atoms with Crippen molar-refractivity contribution >= 4 is 0 Å². The van der Waals surface area contributed by atoms with Crippen LogP contribution >= 0.6 is 0 Å². The number of hydrogen-bond acceptors (Lipinski definition) is 1. The zero-order valence-electron chi connectivity index (χ0n) is 4.27. The van der Waals surface area contributed by atoms with Gasteiger partial charge in [0, 0.05) is 12.5 Å². The van der Waals surface area contributed by atoms with Gasteiger partial charge in [-0.1, -0.05) is 6.92 Å². The van der Waals surface area contributed by atoms with Crippen LogP contribution in [0.3, 0.4) is 0 Å². The minimum Gasteiger partial charge on any atom is -0.469 e. The molecule has 1 heterocycles. The summed E-state index contributed by atoms with van der Waals surface area (Å²) in [6.07, 6.45) is 2.58. The zero-order chi connectivity index (χ0) is 5.11. The van der Waals surface area contributed by atoms with E-state index in [2.05, 4.69) is 6.07 Å². The molecule has 0 bridgehead atoms. The first kappa shape index (κ1) is 4.44. The van der Waals surface area contributed by atoms with Gasteiger partial charge in [-0.15, -0.1) is 0 Å². The molecule has 1 rings (SSSR count). The number of aryl methyl sites for hydroxylation is 1. The third-order valence-corrected chi connectivity index (χ3v) is 0.844. The van der Waals surface area contributed by atoms with E-state index in [-0.39, 0.29) is 0 Å². The van der Waals surface area contributed by atoms with Gasteiger partial charge in [0.2, 0.25) is 0 Å². The van der Waals surface area contributed by atoms with Crippen LogP contribution in [0.5, 0.6) is 0 Å². The first-order valence-corrected chi connectivity index (χ1v) is 2.37. The Bertz CT molecular complexity index is 119. The molecule has 0 amide bonds. The minimum atomic E-state index is 0.931. The predicted octanol–water partition coefficient (Wildman–Crippen LogP) is 1.64. The summed E-state index contributed by atoms with van der Waals surface area (Å²) >= 11 is 0. The van der Waals surface area contributed by atoms with Gasteiger partial charge < -0.3 is 4.42 Å². The Kier molecular flexibility index (Phi) is 1.16. The van der Waals surface area contributed by atoms with Crippen LogP contribution in [0.2, 0.25) is 0 Å². The highest BCUT2D eigenvalue weighted by molar-refractivity contribution is 4.94. The fourth-order valence-corrected chi connectivity index (χ4v) is 0.463. The molecule has 1 radical (unpaired) electrons. The molecule has 1 heteroatoms. The third-order valence-electron chi connectivity index (χ3n) is 0.844. The molecular weight excluding hydrogens is 88.1 g/mol. The second-order valence-electron chi connectivity index (χ2n) is 1.34. The molecule has 0 spiro atoms. The Balaban J connectivity index is 2.76. The molecule has 7 heavy (non-hydrogen) atoms. The van der Waals surface area contributed by atoms with E-state index in [0.29, 0.717) is 0 Å². The Hall–Kier alpha value is -0.720. The molecule has 0 aliphatic heterocycles. The van der Waals surface area contributed by atoms with Crippen LogP contribution in [0.15, 0.2) is 16.7 Å². The topological polar surface area (TPSA) is 13.1 Å². The van der Waals surface area contributed by atoms with Crippen LogP contribution in [0.25, 0.3) is 0 Å². The molecule has 0 atom stereocenters.